The Bertz CT molecular complexity index is 485. The summed E-state index contributed by atoms with van der Waals surface area (Å²) in [5, 5.41) is 21.4. The monoisotopic (exact) mass is 382 g/mol. The van der Waals surface area contributed by atoms with Gasteiger partial charge in [0.25, 0.3) is 0 Å². The molecule has 2 aromatic rings. The van der Waals surface area contributed by atoms with Crippen LogP contribution >= 0.6 is 49.9 Å². The van der Waals surface area contributed by atoms with E-state index in [1.807, 2.05) is 17.5 Å². The van der Waals surface area contributed by atoms with Crippen LogP contribution in [-0.4, -0.2) is 17.2 Å². The predicted octanol–water partition coefficient (Wildman–Crippen LogP) is 1.95. The highest BCUT2D eigenvalue weighted by molar-refractivity contribution is 14.1. The van der Waals surface area contributed by atoms with E-state index in [0.29, 0.717) is 5.46 Å². The first kappa shape index (κ1) is 10.9. The van der Waals surface area contributed by atoms with Gasteiger partial charge in [-0.15, -0.1) is 11.3 Å². The fraction of sp³-hybridized carbons (Fsp3) is 0. The van der Waals surface area contributed by atoms with E-state index in [1.54, 1.807) is 11.3 Å². The predicted molar refractivity (Wildman–Crippen MR) is 72.1 cm³/mol. The van der Waals surface area contributed by atoms with Gasteiger partial charge in [0.15, 0.2) is 0 Å². The van der Waals surface area contributed by atoms with Crippen LogP contribution < -0.4 is 5.46 Å². The molecular formula is C8H5BBrIO2S. The highest BCUT2D eigenvalue weighted by Gasteiger charge is 2.19. The summed E-state index contributed by atoms with van der Waals surface area (Å²) in [6, 6.07) is 3.83. The van der Waals surface area contributed by atoms with Crippen LogP contribution in [0.5, 0.6) is 0 Å². The van der Waals surface area contributed by atoms with Crippen LogP contribution in [-0.2, 0) is 0 Å². The van der Waals surface area contributed by atoms with Crippen molar-refractivity contribution >= 4 is 72.5 Å². The maximum atomic E-state index is 9.16. The summed E-state index contributed by atoms with van der Waals surface area (Å²) in [6.45, 7) is 0. The molecule has 0 aliphatic rings. The van der Waals surface area contributed by atoms with Crippen molar-refractivity contribution in [3.05, 3.63) is 25.6 Å². The van der Waals surface area contributed by atoms with Crippen molar-refractivity contribution in [3.63, 3.8) is 0 Å². The van der Waals surface area contributed by atoms with Crippen LogP contribution in [0, 0.1) is 3.57 Å². The quantitative estimate of drug-likeness (QED) is 0.584. The lowest BCUT2D eigenvalue weighted by molar-refractivity contribution is 0.425. The minimum Gasteiger partial charge on any atom is -0.423 e. The first-order valence-electron chi connectivity index (χ1n) is 3.82. The van der Waals surface area contributed by atoms with Crippen molar-refractivity contribution in [3.8, 4) is 0 Å². The van der Waals surface area contributed by atoms with Crippen molar-refractivity contribution in [2.24, 2.45) is 0 Å². The molecule has 2 N–H and O–H groups in total. The Kier molecular flexibility index (Phi) is 3.18. The number of hydrogen-bond acceptors (Lipinski definition) is 3. The molecule has 6 heteroatoms. The summed E-state index contributed by atoms with van der Waals surface area (Å²) in [6.07, 6.45) is 0. The van der Waals surface area contributed by atoms with Gasteiger partial charge >= 0.3 is 7.12 Å². The van der Waals surface area contributed by atoms with E-state index in [2.05, 4.69) is 38.5 Å². The molecule has 0 aliphatic heterocycles. The second-order valence-electron chi connectivity index (χ2n) is 2.80. The molecule has 0 fully saturated rings. The molecule has 0 atom stereocenters. The number of rotatable bonds is 1. The second kappa shape index (κ2) is 4.09. The lowest BCUT2D eigenvalue weighted by atomic mass is 9.80. The van der Waals surface area contributed by atoms with Crippen molar-refractivity contribution in [1.82, 2.24) is 0 Å². The molecule has 0 unspecified atom stereocenters. The summed E-state index contributed by atoms with van der Waals surface area (Å²) in [5.41, 5.74) is 0.549. The molecule has 0 amide bonds. The first-order chi connectivity index (χ1) is 6.61. The molecule has 2 nitrogen and oxygen atoms in total. The standard InChI is InChI=1S/C8H5BBrIO2S/c10-7-4-1-2-14-6(4)3-5(8(7)11)9(12)13/h1-3,12-13H. The maximum Gasteiger partial charge on any atom is 0.489 e. The highest BCUT2D eigenvalue weighted by atomic mass is 127. The third-order valence-electron chi connectivity index (χ3n) is 1.94. The third-order valence-corrected chi connectivity index (χ3v) is 5.53. The van der Waals surface area contributed by atoms with Crippen LogP contribution in [0.3, 0.4) is 0 Å². The van der Waals surface area contributed by atoms with Gasteiger partial charge in [-0.1, -0.05) is 0 Å². The minimum atomic E-state index is -1.41. The summed E-state index contributed by atoms with van der Waals surface area (Å²) in [5.74, 6) is 0. The molecule has 1 aromatic carbocycles. The van der Waals surface area contributed by atoms with E-state index >= 15 is 0 Å². The normalized spacial score (nSPS) is 10.9. The Hall–Kier alpha value is 0.375. The van der Waals surface area contributed by atoms with Crippen LogP contribution in [0.2, 0.25) is 0 Å². The van der Waals surface area contributed by atoms with E-state index in [1.165, 1.54) is 0 Å². The zero-order valence-corrected chi connectivity index (χ0v) is 11.4. The smallest absolute Gasteiger partial charge is 0.423 e. The number of benzene rings is 1. The van der Waals surface area contributed by atoms with Crippen molar-refractivity contribution in [2.75, 3.05) is 0 Å². The molecule has 1 aromatic heterocycles. The molecule has 0 aliphatic carbocycles. The summed E-state index contributed by atoms with van der Waals surface area (Å²) in [4.78, 5) is 0. The van der Waals surface area contributed by atoms with E-state index < -0.39 is 7.12 Å². The van der Waals surface area contributed by atoms with Crippen LogP contribution in [0.15, 0.2) is 22.0 Å². The number of thiophene rings is 1. The Balaban J connectivity index is 2.80. The van der Waals surface area contributed by atoms with Crippen molar-refractivity contribution < 1.29 is 10.0 Å². The van der Waals surface area contributed by atoms with E-state index in [-0.39, 0.29) is 0 Å². The second-order valence-corrected chi connectivity index (χ2v) is 5.62. The number of fused-ring (bicyclic) bond motifs is 1. The summed E-state index contributed by atoms with van der Waals surface area (Å²) >= 11 is 7.15. The summed E-state index contributed by atoms with van der Waals surface area (Å²) in [7, 11) is -1.41. The lowest BCUT2D eigenvalue weighted by Crippen LogP contribution is -2.32. The molecule has 0 radical (unpaired) electrons. The van der Waals surface area contributed by atoms with Crippen LogP contribution in [0.1, 0.15) is 0 Å². The third kappa shape index (κ3) is 1.74. The van der Waals surface area contributed by atoms with Gasteiger partial charge < -0.3 is 10.0 Å². The fourth-order valence-electron chi connectivity index (χ4n) is 1.25. The number of hydrogen-bond donors (Lipinski definition) is 2. The molecule has 0 saturated heterocycles. The zero-order chi connectivity index (χ0) is 10.3. The number of halogens is 2. The van der Waals surface area contributed by atoms with Gasteiger partial charge in [-0.2, -0.15) is 0 Å². The van der Waals surface area contributed by atoms with Gasteiger partial charge in [0.05, 0.1) is 0 Å². The van der Waals surface area contributed by atoms with Gasteiger partial charge in [-0.3, -0.25) is 0 Å². The van der Waals surface area contributed by atoms with E-state index in [0.717, 1.165) is 18.1 Å². The molecule has 14 heavy (non-hydrogen) atoms. The Morgan fingerprint density at radius 2 is 2.14 bits per heavy atom. The van der Waals surface area contributed by atoms with Crippen molar-refractivity contribution in [1.29, 1.82) is 0 Å². The Morgan fingerprint density at radius 1 is 1.43 bits per heavy atom. The maximum absolute atomic E-state index is 9.16. The summed E-state index contributed by atoms with van der Waals surface area (Å²) < 4.78 is 2.84. The van der Waals surface area contributed by atoms with Gasteiger partial charge in [-0.25, -0.2) is 0 Å². The van der Waals surface area contributed by atoms with Crippen molar-refractivity contribution in [2.45, 2.75) is 0 Å². The van der Waals surface area contributed by atoms with Crippen LogP contribution in [0.4, 0.5) is 0 Å². The first-order valence-corrected chi connectivity index (χ1v) is 6.57. The van der Waals surface area contributed by atoms with Gasteiger partial charge in [0, 0.05) is 18.1 Å². The van der Waals surface area contributed by atoms with E-state index in [9.17, 15) is 0 Å². The molecular weight excluding hydrogens is 378 g/mol. The molecule has 1 heterocycles. The molecule has 72 valence electrons. The molecule has 0 bridgehead atoms. The Labute approximate surface area is 107 Å². The fourth-order valence-corrected chi connectivity index (χ4v) is 3.53. The Morgan fingerprint density at radius 3 is 2.79 bits per heavy atom. The SMILES string of the molecule is OB(O)c1cc2sccc2c(Br)c1I. The molecule has 0 spiro atoms. The highest BCUT2D eigenvalue weighted by Crippen LogP contribution is 2.30. The lowest BCUT2D eigenvalue weighted by Gasteiger charge is -2.06. The van der Waals surface area contributed by atoms with Gasteiger partial charge in [0.2, 0.25) is 0 Å². The average molecular weight is 383 g/mol. The molecule has 2 rings (SSSR count). The van der Waals surface area contributed by atoms with E-state index in [4.69, 9.17) is 10.0 Å². The zero-order valence-electron chi connectivity index (χ0n) is 6.87. The van der Waals surface area contributed by atoms with Gasteiger partial charge in [0.1, 0.15) is 0 Å². The van der Waals surface area contributed by atoms with Crippen LogP contribution in [0.25, 0.3) is 10.1 Å². The van der Waals surface area contributed by atoms with Gasteiger partial charge in [-0.05, 0) is 61.5 Å². The topological polar surface area (TPSA) is 40.5 Å². The minimum absolute atomic E-state index is 0.549. The average Bonchev–Trinajstić information content (AvgIpc) is 2.58. The molecule has 0 saturated carbocycles. The largest absolute Gasteiger partial charge is 0.489 e.